The van der Waals surface area contributed by atoms with Gasteiger partial charge in [0, 0.05) is 55.5 Å². The fourth-order valence-electron chi connectivity index (χ4n) is 7.20. The number of amides is 1. The lowest BCUT2D eigenvalue weighted by Gasteiger charge is -2.45. The average Bonchev–Trinajstić information content (AvgIpc) is 3.16. The molecule has 4 atom stereocenters. The molecule has 10 heteroatoms. The van der Waals surface area contributed by atoms with Crippen molar-refractivity contribution in [2.24, 2.45) is 5.92 Å². The van der Waals surface area contributed by atoms with Crippen LogP contribution in [0.25, 0.3) is 11.1 Å². The van der Waals surface area contributed by atoms with Crippen molar-refractivity contribution in [3.63, 3.8) is 0 Å². The third-order valence-electron chi connectivity index (χ3n) is 10.4. The van der Waals surface area contributed by atoms with Crippen LogP contribution in [-0.4, -0.2) is 57.8 Å². The summed E-state index contributed by atoms with van der Waals surface area (Å²) >= 11 is 6.10. The molecular weight excluding hydrogens is 680 g/mol. The molecule has 0 aliphatic carbocycles. The zero-order chi connectivity index (χ0) is 36.7. The van der Waals surface area contributed by atoms with Gasteiger partial charge in [-0.3, -0.25) is 9.59 Å². The number of carbonyl (C=O) groups excluding carboxylic acids is 1. The summed E-state index contributed by atoms with van der Waals surface area (Å²) in [5.41, 5.74) is 5.68. The quantitative estimate of drug-likeness (QED) is 0.114. The van der Waals surface area contributed by atoms with Gasteiger partial charge in [0.2, 0.25) is 5.91 Å². The lowest BCUT2D eigenvalue weighted by Crippen LogP contribution is -2.49. The van der Waals surface area contributed by atoms with E-state index in [4.69, 9.17) is 26.2 Å². The molecule has 0 saturated carbocycles. The van der Waals surface area contributed by atoms with Gasteiger partial charge in [-0.05, 0) is 64.8 Å². The number of likely N-dealkylation sites (tertiary alicyclic amines) is 1. The SMILES string of the molecule is C[C@H]1[C@@H](CN2CCC(O)(c3ccc(Cl)cc3)CC2)O[C@@H](c2ccc(-c3ccccc3CNC(=O)CCCC(=O)O)cc2)O[C@H]1c1ccc(CO)cc1. The Bertz CT molecular complexity index is 1790. The Morgan fingerprint density at radius 3 is 2.23 bits per heavy atom. The van der Waals surface area contributed by atoms with Crippen molar-refractivity contribution in [2.75, 3.05) is 19.6 Å². The molecule has 2 heterocycles. The van der Waals surface area contributed by atoms with Gasteiger partial charge >= 0.3 is 5.97 Å². The number of halogens is 1. The van der Waals surface area contributed by atoms with Crippen LogP contribution in [0.15, 0.2) is 97.1 Å². The van der Waals surface area contributed by atoms with E-state index < -0.39 is 17.9 Å². The highest BCUT2D eigenvalue weighted by Gasteiger charge is 2.41. The molecule has 4 N–H and O–H groups in total. The summed E-state index contributed by atoms with van der Waals surface area (Å²) in [5, 5.41) is 33.6. The van der Waals surface area contributed by atoms with Crippen molar-refractivity contribution in [1.29, 1.82) is 0 Å². The van der Waals surface area contributed by atoms with E-state index in [1.165, 1.54) is 0 Å². The van der Waals surface area contributed by atoms with Gasteiger partial charge in [0.05, 0.1) is 24.4 Å². The number of aliphatic hydroxyl groups is 2. The number of hydrogen-bond donors (Lipinski definition) is 4. The van der Waals surface area contributed by atoms with E-state index in [9.17, 15) is 19.8 Å². The van der Waals surface area contributed by atoms with Crippen LogP contribution in [0, 0.1) is 5.92 Å². The maximum absolute atomic E-state index is 12.3. The molecule has 274 valence electrons. The third-order valence-corrected chi connectivity index (χ3v) is 10.7. The topological polar surface area (TPSA) is 129 Å². The second-order valence-electron chi connectivity index (χ2n) is 14.0. The van der Waals surface area contributed by atoms with E-state index in [0.29, 0.717) is 37.4 Å². The number of rotatable bonds is 13. The molecule has 9 nitrogen and oxygen atoms in total. The second kappa shape index (κ2) is 17.2. The second-order valence-corrected chi connectivity index (χ2v) is 14.4. The first-order chi connectivity index (χ1) is 25.1. The number of aliphatic hydroxyl groups excluding tert-OH is 1. The minimum atomic E-state index is -0.908. The van der Waals surface area contributed by atoms with Crippen molar-refractivity contribution in [1.82, 2.24) is 10.2 Å². The van der Waals surface area contributed by atoms with Gasteiger partial charge in [-0.1, -0.05) is 103 Å². The number of carboxylic acids is 1. The van der Waals surface area contributed by atoms with Crippen LogP contribution < -0.4 is 5.32 Å². The molecule has 2 aliphatic rings. The minimum absolute atomic E-state index is 0.0261. The Kier molecular flexibility index (Phi) is 12.4. The lowest BCUT2D eigenvalue weighted by atomic mass is 9.84. The number of carbonyl (C=O) groups is 2. The van der Waals surface area contributed by atoms with Gasteiger partial charge in [0.1, 0.15) is 0 Å². The van der Waals surface area contributed by atoms with Gasteiger partial charge in [-0.15, -0.1) is 0 Å². The zero-order valence-electron chi connectivity index (χ0n) is 29.4. The number of aliphatic carboxylic acids is 1. The molecule has 0 radical (unpaired) electrons. The molecule has 4 aromatic carbocycles. The normalized spacial score (nSPS) is 21.8. The Balaban J connectivity index is 1.16. The fraction of sp³-hybridized carbons (Fsp3) is 0.381. The van der Waals surface area contributed by atoms with Crippen LogP contribution in [0.3, 0.4) is 0 Å². The molecule has 0 unspecified atom stereocenters. The summed E-state index contributed by atoms with van der Waals surface area (Å²) in [7, 11) is 0. The van der Waals surface area contributed by atoms with Crippen LogP contribution in [0.4, 0.5) is 0 Å². The molecule has 0 bridgehead atoms. The average molecular weight is 727 g/mol. The molecule has 6 rings (SSSR count). The molecule has 2 saturated heterocycles. The van der Waals surface area contributed by atoms with Gasteiger partial charge in [-0.25, -0.2) is 0 Å². The number of piperidine rings is 1. The van der Waals surface area contributed by atoms with E-state index in [-0.39, 0.29) is 43.5 Å². The number of carboxylic acid groups (broad SMARTS) is 1. The molecule has 0 spiro atoms. The first-order valence-corrected chi connectivity index (χ1v) is 18.4. The van der Waals surface area contributed by atoms with E-state index >= 15 is 0 Å². The van der Waals surface area contributed by atoms with Crippen molar-refractivity contribution in [2.45, 2.75) is 76.3 Å². The van der Waals surface area contributed by atoms with Crippen molar-refractivity contribution < 1.29 is 34.4 Å². The number of nitrogens with one attached hydrogen (secondary N) is 1. The molecule has 1 amide bonds. The van der Waals surface area contributed by atoms with Crippen LogP contribution in [0.5, 0.6) is 0 Å². The highest BCUT2D eigenvalue weighted by atomic mass is 35.5. The Morgan fingerprint density at radius 1 is 0.885 bits per heavy atom. The predicted octanol–water partition coefficient (Wildman–Crippen LogP) is 7.15. The van der Waals surface area contributed by atoms with Gasteiger partial charge in [0.15, 0.2) is 6.29 Å². The van der Waals surface area contributed by atoms with Gasteiger partial charge < -0.3 is 35.0 Å². The summed E-state index contributed by atoms with van der Waals surface area (Å²) in [5.74, 6) is -1.06. The molecule has 2 aliphatic heterocycles. The zero-order valence-corrected chi connectivity index (χ0v) is 30.2. The maximum atomic E-state index is 12.3. The van der Waals surface area contributed by atoms with Crippen LogP contribution >= 0.6 is 11.6 Å². The first-order valence-electron chi connectivity index (χ1n) is 18.0. The Morgan fingerprint density at radius 2 is 1.56 bits per heavy atom. The van der Waals surface area contributed by atoms with Crippen LogP contribution in [-0.2, 0) is 37.8 Å². The number of nitrogens with zero attached hydrogens (tertiary/aromatic N) is 1. The predicted molar refractivity (Wildman–Crippen MR) is 199 cm³/mol. The molecule has 52 heavy (non-hydrogen) atoms. The fourth-order valence-corrected chi connectivity index (χ4v) is 7.32. The molecular formula is C42H47ClN2O7. The smallest absolute Gasteiger partial charge is 0.303 e. The van der Waals surface area contributed by atoms with Crippen molar-refractivity contribution in [3.05, 3.63) is 130 Å². The summed E-state index contributed by atoms with van der Waals surface area (Å²) in [6, 6.07) is 31.4. The standard InChI is InChI=1S/C42H47ClN2O7/c1-28-37(26-45-23-21-42(50,22-24-45)34-17-19-35(43)20-18-34)51-41(52-40(28)31-11-9-29(27-46)10-12-31)32-15-13-30(14-16-32)36-6-3-2-5-33(36)25-44-38(47)7-4-8-39(48)49/h2-3,5-6,9-20,28,37,40-41,46,50H,4,7-8,21-27H2,1H3,(H,44,47)(H,48,49)/t28-,37+,40+,41+/m0/s1. The minimum Gasteiger partial charge on any atom is -0.481 e. The van der Waals surface area contributed by atoms with E-state index in [0.717, 1.165) is 52.0 Å². The Hall–Kier alpha value is -4.09. The van der Waals surface area contributed by atoms with Crippen molar-refractivity contribution >= 4 is 23.5 Å². The van der Waals surface area contributed by atoms with Crippen molar-refractivity contribution in [3.8, 4) is 11.1 Å². The summed E-state index contributed by atoms with van der Waals surface area (Å²) < 4.78 is 13.5. The van der Waals surface area contributed by atoms with E-state index in [2.05, 4.69) is 17.1 Å². The number of benzene rings is 4. The molecule has 4 aromatic rings. The monoisotopic (exact) mass is 726 g/mol. The van der Waals surface area contributed by atoms with Gasteiger partial charge in [-0.2, -0.15) is 0 Å². The number of ether oxygens (including phenoxy) is 2. The van der Waals surface area contributed by atoms with E-state index in [1.54, 1.807) is 0 Å². The Labute approximate surface area is 310 Å². The first kappa shape index (κ1) is 37.7. The highest BCUT2D eigenvalue weighted by molar-refractivity contribution is 6.30. The summed E-state index contributed by atoms with van der Waals surface area (Å²) in [6.45, 7) is 4.61. The summed E-state index contributed by atoms with van der Waals surface area (Å²) in [6.07, 6.45) is 0.645. The van der Waals surface area contributed by atoms with Crippen LogP contribution in [0.1, 0.15) is 79.2 Å². The van der Waals surface area contributed by atoms with E-state index in [1.807, 2.05) is 97.1 Å². The largest absolute Gasteiger partial charge is 0.481 e. The van der Waals surface area contributed by atoms with Crippen LogP contribution in [0.2, 0.25) is 5.02 Å². The molecule has 2 fully saturated rings. The number of hydrogen-bond acceptors (Lipinski definition) is 7. The van der Waals surface area contributed by atoms with Gasteiger partial charge in [0.25, 0.3) is 0 Å². The molecule has 0 aromatic heterocycles. The third kappa shape index (κ3) is 9.28. The maximum Gasteiger partial charge on any atom is 0.303 e. The lowest BCUT2D eigenvalue weighted by molar-refractivity contribution is -0.277. The highest BCUT2D eigenvalue weighted by Crippen LogP contribution is 2.43. The summed E-state index contributed by atoms with van der Waals surface area (Å²) in [4.78, 5) is 25.5.